The zero-order chi connectivity index (χ0) is 21.8. The molecule has 2 rings (SSSR count). The Morgan fingerprint density at radius 2 is 2.00 bits per heavy atom. The lowest BCUT2D eigenvalue weighted by Crippen LogP contribution is -2.36. The molecule has 0 spiro atoms. The topological polar surface area (TPSA) is 104 Å². The Morgan fingerprint density at radius 3 is 2.55 bits per heavy atom. The third kappa shape index (κ3) is 6.74. The molecule has 1 saturated heterocycles. The second-order valence-electron chi connectivity index (χ2n) is 6.89. The van der Waals surface area contributed by atoms with Crippen molar-refractivity contribution in [2.75, 3.05) is 18.1 Å². The largest absolute Gasteiger partial charge is 0.432 e. The number of benzene rings is 1. The maximum atomic E-state index is 12.7. The van der Waals surface area contributed by atoms with Crippen LogP contribution in [0.25, 0.3) is 0 Å². The van der Waals surface area contributed by atoms with E-state index in [2.05, 4.69) is 0 Å². The van der Waals surface area contributed by atoms with Crippen molar-refractivity contribution in [3.63, 3.8) is 0 Å². The minimum absolute atomic E-state index is 0.00807. The van der Waals surface area contributed by atoms with E-state index in [1.54, 1.807) is 24.3 Å². The Kier molecular flexibility index (Phi) is 7.34. The van der Waals surface area contributed by atoms with E-state index in [9.17, 15) is 26.4 Å². The van der Waals surface area contributed by atoms with Gasteiger partial charge in [0.15, 0.2) is 9.84 Å². The Hall–Kier alpha value is -2.07. The fourth-order valence-electron chi connectivity index (χ4n) is 3.00. The van der Waals surface area contributed by atoms with Crippen molar-refractivity contribution in [1.29, 1.82) is 5.41 Å². The first-order valence-corrected chi connectivity index (χ1v) is 10.9. The van der Waals surface area contributed by atoms with Gasteiger partial charge in [0.05, 0.1) is 17.2 Å². The van der Waals surface area contributed by atoms with Gasteiger partial charge in [-0.05, 0) is 36.5 Å². The first-order chi connectivity index (χ1) is 13.4. The van der Waals surface area contributed by atoms with Crippen LogP contribution >= 0.6 is 11.6 Å². The van der Waals surface area contributed by atoms with Crippen molar-refractivity contribution >= 4 is 33.1 Å². The maximum Gasteiger partial charge on any atom is 0.432 e. The van der Waals surface area contributed by atoms with Crippen LogP contribution in [0.3, 0.4) is 0 Å². The third-order valence-electron chi connectivity index (χ3n) is 4.59. The van der Waals surface area contributed by atoms with E-state index >= 15 is 0 Å². The molecule has 3 N–H and O–H groups in total. The highest BCUT2D eigenvalue weighted by Gasteiger charge is 2.34. The van der Waals surface area contributed by atoms with Crippen molar-refractivity contribution in [2.45, 2.75) is 25.6 Å². The summed E-state index contributed by atoms with van der Waals surface area (Å²) in [5.74, 6) is -0.911. The molecule has 1 unspecified atom stereocenters. The minimum atomic E-state index is -4.92. The lowest BCUT2D eigenvalue weighted by atomic mass is 10.0. The van der Waals surface area contributed by atoms with E-state index in [4.69, 9.17) is 22.7 Å². The number of hydrogen-bond donors (Lipinski definition) is 2. The van der Waals surface area contributed by atoms with Gasteiger partial charge in [0.1, 0.15) is 5.71 Å². The van der Waals surface area contributed by atoms with E-state index in [1.165, 1.54) is 4.90 Å². The standard InChI is InChI=1S/C18H21ClF3N3O3S/c19-14-4-2-1-3-13(14)10-25(7-5-12-6-8-29(27,28)11-12)17(26)15(23)9-16(24)18(20,21)22/h1-4,9,12,24H,5-8,10-11,23H2/b15-9-,24-16?. The smallest absolute Gasteiger partial charge is 0.394 e. The van der Waals surface area contributed by atoms with Crippen LogP contribution in [0.2, 0.25) is 5.02 Å². The van der Waals surface area contributed by atoms with Gasteiger partial charge < -0.3 is 10.6 Å². The van der Waals surface area contributed by atoms with E-state index in [0.717, 1.165) is 0 Å². The summed E-state index contributed by atoms with van der Waals surface area (Å²) >= 11 is 6.12. The molecule has 0 bridgehead atoms. The Labute approximate surface area is 171 Å². The van der Waals surface area contributed by atoms with Crippen LogP contribution in [-0.2, 0) is 21.2 Å². The summed E-state index contributed by atoms with van der Waals surface area (Å²) in [6.45, 7) is 0.0873. The highest BCUT2D eigenvalue weighted by Crippen LogP contribution is 2.24. The molecule has 0 aromatic heterocycles. The number of rotatable bonds is 7. The fraction of sp³-hybridized carbons (Fsp3) is 0.444. The van der Waals surface area contributed by atoms with Gasteiger partial charge in [-0.3, -0.25) is 10.2 Å². The normalized spacial score (nSPS) is 19.2. The number of alkyl halides is 3. The number of sulfone groups is 1. The molecule has 1 aliphatic heterocycles. The number of allylic oxidation sites excluding steroid dienone is 1. The number of amides is 1. The van der Waals surface area contributed by atoms with Gasteiger partial charge in [-0.1, -0.05) is 29.8 Å². The van der Waals surface area contributed by atoms with E-state index in [1.807, 2.05) is 0 Å². The highest BCUT2D eigenvalue weighted by molar-refractivity contribution is 7.91. The van der Waals surface area contributed by atoms with Crippen LogP contribution in [0.15, 0.2) is 36.0 Å². The number of halogens is 4. The van der Waals surface area contributed by atoms with Gasteiger partial charge in [0.25, 0.3) is 5.91 Å². The third-order valence-corrected chi connectivity index (χ3v) is 6.80. The average Bonchev–Trinajstić information content (AvgIpc) is 2.97. The van der Waals surface area contributed by atoms with Crippen LogP contribution in [0.1, 0.15) is 18.4 Å². The Balaban J connectivity index is 2.19. The average molecular weight is 452 g/mol. The maximum absolute atomic E-state index is 12.7. The monoisotopic (exact) mass is 451 g/mol. The number of carbonyl (C=O) groups excluding carboxylic acids is 1. The predicted molar refractivity (Wildman–Crippen MR) is 104 cm³/mol. The van der Waals surface area contributed by atoms with Gasteiger partial charge in [0.2, 0.25) is 0 Å². The van der Waals surface area contributed by atoms with Crippen LogP contribution in [-0.4, -0.2) is 49.2 Å². The zero-order valence-corrected chi connectivity index (χ0v) is 16.9. The zero-order valence-electron chi connectivity index (χ0n) is 15.4. The summed E-state index contributed by atoms with van der Waals surface area (Å²) in [4.78, 5) is 13.9. The predicted octanol–water partition coefficient (Wildman–Crippen LogP) is 2.92. The van der Waals surface area contributed by atoms with Crippen LogP contribution in [0.5, 0.6) is 0 Å². The quantitative estimate of drug-likeness (QED) is 0.491. The summed E-state index contributed by atoms with van der Waals surface area (Å²) in [5, 5.41) is 7.38. The molecule has 0 radical (unpaired) electrons. The first kappa shape index (κ1) is 23.2. The number of nitrogens with one attached hydrogen (secondary N) is 1. The lowest BCUT2D eigenvalue weighted by Gasteiger charge is -2.25. The van der Waals surface area contributed by atoms with Crippen molar-refractivity contribution in [3.05, 3.63) is 46.6 Å². The Bertz CT molecular complexity index is 916. The lowest BCUT2D eigenvalue weighted by molar-refractivity contribution is -0.128. The van der Waals surface area contributed by atoms with Crippen molar-refractivity contribution in [2.24, 2.45) is 11.7 Å². The molecule has 1 atom stereocenters. The summed E-state index contributed by atoms with van der Waals surface area (Å²) < 4.78 is 61.0. The highest BCUT2D eigenvalue weighted by atomic mass is 35.5. The molecule has 1 heterocycles. The van der Waals surface area contributed by atoms with Gasteiger partial charge in [-0.2, -0.15) is 13.2 Å². The molecule has 160 valence electrons. The first-order valence-electron chi connectivity index (χ1n) is 8.75. The minimum Gasteiger partial charge on any atom is -0.394 e. The molecule has 11 heteroatoms. The van der Waals surface area contributed by atoms with Gasteiger partial charge >= 0.3 is 6.18 Å². The van der Waals surface area contributed by atoms with Crippen LogP contribution < -0.4 is 5.73 Å². The molecule has 1 amide bonds. The van der Waals surface area contributed by atoms with Gasteiger partial charge in [0, 0.05) is 18.1 Å². The molecule has 1 aliphatic rings. The molecule has 29 heavy (non-hydrogen) atoms. The molecule has 0 aliphatic carbocycles. The second kappa shape index (κ2) is 9.17. The molecule has 1 aromatic rings. The Morgan fingerprint density at radius 1 is 1.34 bits per heavy atom. The van der Waals surface area contributed by atoms with Crippen molar-refractivity contribution < 1.29 is 26.4 Å². The second-order valence-corrected chi connectivity index (χ2v) is 9.52. The molecule has 0 saturated carbocycles. The molecule has 1 fully saturated rings. The van der Waals surface area contributed by atoms with E-state index in [-0.39, 0.29) is 36.6 Å². The van der Waals surface area contributed by atoms with Crippen LogP contribution in [0, 0.1) is 11.3 Å². The van der Waals surface area contributed by atoms with Crippen molar-refractivity contribution in [3.8, 4) is 0 Å². The van der Waals surface area contributed by atoms with Gasteiger partial charge in [-0.15, -0.1) is 0 Å². The van der Waals surface area contributed by atoms with Crippen LogP contribution in [0.4, 0.5) is 13.2 Å². The van der Waals surface area contributed by atoms with Gasteiger partial charge in [-0.25, -0.2) is 8.42 Å². The number of hydrogen-bond acceptors (Lipinski definition) is 5. The fourth-order valence-corrected chi connectivity index (χ4v) is 5.11. The van der Waals surface area contributed by atoms with Crippen molar-refractivity contribution in [1.82, 2.24) is 4.90 Å². The summed E-state index contributed by atoms with van der Waals surface area (Å²) in [7, 11) is -3.09. The number of nitrogens with two attached hydrogens (primary N) is 1. The summed E-state index contributed by atoms with van der Waals surface area (Å²) in [6.07, 6.45) is -3.81. The summed E-state index contributed by atoms with van der Waals surface area (Å²) in [5.41, 5.74) is 3.65. The molecule has 6 nitrogen and oxygen atoms in total. The number of nitrogens with zero attached hydrogens (tertiary/aromatic N) is 1. The molecular weight excluding hydrogens is 431 g/mol. The number of carbonyl (C=O) groups is 1. The van der Waals surface area contributed by atoms with E-state index in [0.29, 0.717) is 23.4 Å². The molecule has 1 aromatic carbocycles. The summed E-state index contributed by atoms with van der Waals surface area (Å²) in [6, 6.07) is 6.67. The molecular formula is C18H21ClF3N3O3S. The SMILES string of the molecule is N=C(/C=C(\N)C(=O)N(CCC1CCS(=O)(=O)C1)Cc1ccccc1Cl)C(F)(F)F. The van der Waals surface area contributed by atoms with E-state index < -0.39 is 33.3 Å².